The van der Waals surface area contributed by atoms with Crippen LogP contribution in [0.15, 0.2) is 30.3 Å². The van der Waals surface area contributed by atoms with E-state index in [1.807, 2.05) is 37.3 Å². The van der Waals surface area contributed by atoms with Crippen molar-refractivity contribution in [2.24, 2.45) is 0 Å². The molecule has 1 heterocycles. The minimum atomic E-state index is -1.03. The Balaban J connectivity index is 1.82. The molecule has 1 saturated heterocycles. The summed E-state index contributed by atoms with van der Waals surface area (Å²) < 4.78 is 5.18. The van der Waals surface area contributed by atoms with Crippen molar-refractivity contribution in [3.05, 3.63) is 35.9 Å². The molecule has 2 rings (SSSR count). The van der Waals surface area contributed by atoms with Gasteiger partial charge in [-0.15, -0.1) is 0 Å². The van der Waals surface area contributed by atoms with Crippen molar-refractivity contribution in [3.8, 4) is 0 Å². The smallest absolute Gasteiger partial charge is 0.410 e. The van der Waals surface area contributed by atoms with Gasteiger partial charge in [-0.1, -0.05) is 37.3 Å². The summed E-state index contributed by atoms with van der Waals surface area (Å²) >= 11 is 0. The maximum Gasteiger partial charge on any atom is 0.410 e. The van der Waals surface area contributed by atoms with Crippen LogP contribution >= 0.6 is 0 Å². The van der Waals surface area contributed by atoms with E-state index in [0.717, 1.165) is 12.0 Å². The number of nitrogens with zero attached hydrogens (tertiary/aromatic N) is 1. The van der Waals surface area contributed by atoms with Crippen molar-refractivity contribution in [1.82, 2.24) is 10.2 Å². The normalized spacial score (nSPS) is 16.1. The molecule has 114 valence electrons. The Hall–Kier alpha value is -2.08. The monoisotopic (exact) mass is 292 g/mol. The highest BCUT2D eigenvalue weighted by atomic mass is 16.6. The van der Waals surface area contributed by atoms with Crippen LogP contribution in [0.1, 0.15) is 18.9 Å². The Bertz CT molecular complexity index is 498. The largest absolute Gasteiger partial charge is 0.480 e. The lowest BCUT2D eigenvalue weighted by atomic mass is 9.90. The first-order chi connectivity index (χ1) is 10.1. The molecule has 0 radical (unpaired) electrons. The Morgan fingerprint density at radius 2 is 2.00 bits per heavy atom. The number of likely N-dealkylation sites (tertiary alicyclic amines) is 1. The second kappa shape index (κ2) is 6.58. The fourth-order valence-electron chi connectivity index (χ4n) is 2.23. The third-order valence-electron chi connectivity index (χ3n) is 3.51. The molecule has 0 aromatic heterocycles. The predicted octanol–water partition coefficient (Wildman–Crippen LogP) is 1.46. The molecule has 0 spiro atoms. The standard InChI is InChI=1S/C15H20N2O4/c1-2-8-16-15(13(18)19)10-17(11-15)14(20)21-9-12-6-4-3-5-7-12/h3-7,16H,2,8-11H2,1H3,(H,18,19). The zero-order chi connectivity index (χ0) is 15.3. The number of aliphatic carboxylic acids is 1. The lowest BCUT2D eigenvalue weighted by molar-refractivity contribution is -0.151. The van der Waals surface area contributed by atoms with E-state index >= 15 is 0 Å². The summed E-state index contributed by atoms with van der Waals surface area (Å²) in [4.78, 5) is 24.6. The SMILES string of the molecule is CCCNC1(C(=O)O)CN(C(=O)OCc2ccccc2)C1. The minimum Gasteiger partial charge on any atom is -0.480 e. The first-order valence-electron chi connectivity index (χ1n) is 7.01. The zero-order valence-electron chi connectivity index (χ0n) is 12.0. The van der Waals surface area contributed by atoms with E-state index in [4.69, 9.17) is 4.74 Å². The number of carboxylic acid groups (broad SMARTS) is 1. The van der Waals surface area contributed by atoms with Crippen molar-refractivity contribution in [1.29, 1.82) is 0 Å². The molecule has 0 unspecified atom stereocenters. The average Bonchev–Trinajstić information content (AvgIpc) is 2.44. The van der Waals surface area contributed by atoms with Crippen LogP contribution in [0, 0.1) is 0 Å². The maximum atomic E-state index is 11.9. The third kappa shape index (κ3) is 3.52. The fraction of sp³-hybridized carbons (Fsp3) is 0.467. The molecule has 1 aliphatic heterocycles. The zero-order valence-corrected chi connectivity index (χ0v) is 12.0. The summed E-state index contributed by atoms with van der Waals surface area (Å²) in [6, 6.07) is 9.37. The molecule has 0 aliphatic carbocycles. The Morgan fingerprint density at radius 1 is 1.33 bits per heavy atom. The van der Waals surface area contributed by atoms with Crippen molar-refractivity contribution >= 4 is 12.1 Å². The van der Waals surface area contributed by atoms with Crippen molar-refractivity contribution in [2.45, 2.75) is 25.5 Å². The quantitative estimate of drug-likeness (QED) is 0.830. The van der Waals surface area contributed by atoms with Crippen LogP contribution in [0.3, 0.4) is 0 Å². The summed E-state index contributed by atoms with van der Waals surface area (Å²) in [6.07, 6.45) is 0.363. The average molecular weight is 292 g/mol. The number of hydrogen-bond donors (Lipinski definition) is 2. The molecule has 6 nitrogen and oxygen atoms in total. The van der Waals surface area contributed by atoms with Gasteiger partial charge in [0.05, 0.1) is 13.1 Å². The van der Waals surface area contributed by atoms with Crippen LogP contribution in [0.5, 0.6) is 0 Å². The lowest BCUT2D eigenvalue weighted by Crippen LogP contribution is -2.74. The summed E-state index contributed by atoms with van der Waals surface area (Å²) in [6.45, 7) is 3.04. The minimum absolute atomic E-state index is 0.135. The molecule has 2 N–H and O–H groups in total. The molecule has 1 aromatic rings. The van der Waals surface area contributed by atoms with Gasteiger partial charge >= 0.3 is 12.1 Å². The summed E-state index contributed by atoms with van der Waals surface area (Å²) in [5.74, 6) is -0.928. The molecule has 6 heteroatoms. The van der Waals surface area contributed by atoms with E-state index in [-0.39, 0.29) is 19.7 Å². The van der Waals surface area contributed by atoms with E-state index in [1.165, 1.54) is 4.90 Å². The molecular formula is C15H20N2O4. The van der Waals surface area contributed by atoms with Gasteiger partial charge in [0.25, 0.3) is 0 Å². The van der Waals surface area contributed by atoms with Crippen molar-refractivity contribution < 1.29 is 19.4 Å². The number of carbonyl (C=O) groups excluding carboxylic acids is 1. The van der Waals surface area contributed by atoms with Gasteiger partial charge in [0.2, 0.25) is 0 Å². The summed E-state index contributed by atoms with van der Waals surface area (Å²) in [7, 11) is 0. The number of benzene rings is 1. The number of amides is 1. The topological polar surface area (TPSA) is 78.9 Å². The number of nitrogens with one attached hydrogen (secondary N) is 1. The van der Waals surface area contributed by atoms with Gasteiger partial charge in [-0.2, -0.15) is 0 Å². The fourth-order valence-corrected chi connectivity index (χ4v) is 2.23. The molecule has 1 aliphatic rings. The van der Waals surface area contributed by atoms with E-state index in [9.17, 15) is 14.7 Å². The van der Waals surface area contributed by atoms with Gasteiger partial charge in [0, 0.05) is 0 Å². The van der Waals surface area contributed by atoms with E-state index in [2.05, 4.69) is 5.32 Å². The first kappa shape index (κ1) is 15.3. The van der Waals surface area contributed by atoms with Gasteiger partial charge in [0.15, 0.2) is 5.54 Å². The molecule has 0 saturated carbocycles. The highest BCUT2D eigenvalue weighted by molar-refractivity contribution is 5.84. The molecule has 1 aromatic carbocycles. The van der Waals surface area contributed by atoms with Crippen LogP contribution in [0.4, 0.5) is 4.79 Å². The number of carbonyl (C=O) groups is 2. The number of carboxylic acids is 1. The molecule has 1 fully saturated rings. The molecule has 21 heavy (non-hydrogen) atoms. The number of rotatable bonds is 6. The van der Waals surface area contributed by atoms with Crippen LogP contribution in [0.2, 0.25) is 0 Å². The van der Waals surface area contributed by atoms with E-state index < -0.39 is 17.6 Å². The lowest BCUT2D eigenvalue weighted by Gasteiger charge is -2.46. The second-order valence-electron chi connectivity index (χ2n) is 5.21. The molecule has 1 amide bonds. The van der Waals surface area contributed by atoms with E-state index in [1.54, 1.807) is 0 Å². The van der Waals surface area contributed by atoms with Crippen LogP contribution in [-0.2, 0) is 16.1 Å². The Morgan fingerprint density at radius 3 is 2.57 bits per heavy atom. The molecular weight excluding hydrogens is 272 g/mol. The number of ether oxygens (including phenoxy) is 1. The van der Waals surface area contributed by atoms with Crippen LogP contribution in [0.25, 0.3) is 0 Å². The Labute approximate surface area is 123 Å². The van der Waals surface area contributed by atoms with Gasteiger partial charge in [-0.25, -0.2) is 4.79 Å². The van der Waals surface area contributed by atoms with Gasteiger partial charge in [-0.05, 0) is 18.5 Å². The summed E-state index contributed by atoms with van der Waals surface area (Å²) in [5.41, 5.74) is -0.123. The molecule has 0 bridgehead atoms. The summed E-state index contributed by atoms with van der Waals surface area (Å²) in [5, 5.41) is 12.3. The predicted molar refractivity (Wildman–Crippen MR) is 76.9 cm³/mol. The van der Waals surface area contributed by atoms with Crippen molar-refractivity contribution in [3.63, 3.8) is 0 Å². The van der Waals surface area contributed by atoms with Gasteiger partial charge in [0.1, 0.15) is 6.61 Å². The second-order valence-corrected chi connectivity index (χ2v) is 5.21. The van der Waals surface area contributed by atoms with Gasteiger partial charge in [-0.3, -0.25) is 10.1 Å². The number of hydrogen-bond acceptors (Lipinski definition) is 4. The highest BCUT2D eigenvalue weighted by Crippen LogP contribution is 2.22. The highest BCUT2D eigenvalue weighted by Gasteiger charge is 2.51. The van der Waals surface area contributed by atoms with Crippen LogP contribution in [-0.4, -0.2) is 47.2 Å². The first-order valence-corrected chi connectivity index (χ1v) is 7.01. The van der Waals surface area contributed by atoms with E-state index in [0.29, 0.717) is 6.54 Å². The van der Waals surface area contributed by atoms with Crippen molar-refractivity contribution in [2.75, 3.05) is 19.6 Å². The Kier molecular flexibility index (Phi) is 4.80. The van der Waals surface area contributed by atoms with Gasteiger partial charge < -0.3 is 14.7 Å². The van der Waals surface area contributed by atoms with Crippen LogP contribution < -0.4 is 5.32 Å². The molecule has 0 atom stereocenters. The third-order valence-corrected chi connectivity index (χ3v) is 3.51. The maximum absolute atomic E-state index is 11.9.